The third-order valence-electron chi connectivity index (χ3n) is 5.60. The predicted octanol–water partition coefficient (Wildman–Crippen LogP) is 2.74. The summed E-state index contributed by atoms with van der Waals surface area (Å²) in [4.78, 5) is 23.5. The molecule has 0 aliphatic carbocycles. The molecule has 0 aliphatic heterocycles. The van der Waals surface area contributed by atoms with Crippen molar-refractivity contribution in [1.29, 1.82) is 0 Å². The summed E-state index contributed by atoms with van der Waals surface area (Å²) >= 11 is 0. The average molecular weight is 505 g/mol. The van der Waals surface area contributed by atoms with E-state index in [0.29, 0.717) is 11.2 Å². The Balaban J connectivity index is 1.64. The fraction of sp³-hybridized carbons (Fsp3) is 0. The minimum Gasteiger partial charge on any atom is -0.504 e. The van der Waals surface area contributed by atoms with E-state index in [1.807, 2.05) is 0 Å². The number of aromatic hydroxyl groups is 1. The molecule has 10 nitrogen and oxygen atoms in total. The molecule has 0 bridgehead atoms. The Morgan fingerprint density at radius 2 is 1.83 bits per heavy atom. The molecule has 0 aliphatic rings. The van der Waals surface area contributed by atoms with E-state index in [4.69, 9.17) is 10.9 Å². The summed E-state index contributed by atoms with van der Waals surface area (Å²) in [5.41, 5.74) is 7.07. The molecule has 0 unspecified atom stereocenters. The summed E-state index contributed by atoms with van der Waals surface area (Å²) in [5, 5.41) is 16.4. The lowest BCUT2D eigenvalue weighted by molar-refractivity contribution is 0.1000. The molecule has 12 heteroatoms. The van der Waals surface area contributed by atoms with Gasteiger partial charge in [0.25, 0.3) is 0 Å². The molecule has 2 aromatic carbocycles. The molecular weight excluding hydrogens is 487 g/mol. The molecule has 36 heavy (non-hydrogen) atoms. The molecule has 0 saturated carbocycles. The highest BCUT2D eigenvalue weighted by atomic mass is 32.2. The fourth-order valence-corrected chi connectivity index (χ4v) is 4.61. The van der Waals surface area contributed by atoms with Crippen LogP contribution in [0.4, 0.5) is 4.39 Å². The van der Waals surface area contributed by atoms with Gasteiger partial charge in [-0.05, 0) is 42.0 Å². The van der Waals surface area contributed by atoms with Crippen molar-refractivity contribution in [2.45, 2.75) is 4.90 Å². The third-order valence-corrected chi connectivity index (χ3v) is 6.53. The number of nitrogens with two attached hydrogens (primary N) is 2. The number of aromatic nitrogens is 4. The van der Waals surface area contributed by atoms with E-state index in [1.54, 1.807) is 18.2 Å². The number of fused-ring (bicyclic) bond motifs is 1. The first-order valence-corrected chi connectivity index (χ1v) is 11.9. The summed E-state index contributed by atoms with van der Waals surface area (Å²) in [6.07, 6.45) is 5.28. The number of carbonyl (C=O) groups is 1. The van der Waals surface area contributed by atoms with Crippen LogP contribution < -0.4 is 10.9 Å². The molecule has 0 saturated heterocycles. The van der Waals surface area contributed by atoms with Crippen molar-refractivity contribution in [2.24, 2.45) is 10.9 Å². The van der Waals surface area contributed by atoms with E-state index in [2.05, 4.69) is 15.0 Å². The second-order valence-electron chi connectivity index (χ2n) is 7.83. The lowest BCUT2D eigenvalue weighted by Gasteiger charge is -2.12. The van der Waals surface area contributed by atoms with Crippen molar-refractivity contribution >= 4 is 27.0 Å². The minimum absolute atomic E-state index is 0.0250. The monoisotopic (exact) mass is 504 g/mol. The van der Waals surface area contributed by atoms with Gasteiger partial charge in [0.05, 0.1) is 6.20 Å². The second kappa shape index (κ2) is 8.52. The molecule has 5 aromatic rings. The van der Waals surface area contributed by atoms with Crippen LogP contribution in [0.2, 0.25) is 0 Å². The van der Waals surface area contributed by atoms with Crippen molar-refractivity contribution in [3.8, 4) is 33.8 Å². The lowest BCUT2D eigenvalue weighted by Crippen LogP contribution is -2.13. The highest BCUT2D eigenvalue weighted by Gasteiger charge is 2.21. The summed E-state index contributed by atoms with van der Waals surface area (Å²) < 4.78 is 40.7. The lowest BCUT2D eigenvalue weighted by atomic mass is 10.0. The topological polar surface area (TPSA) is 167 Å². The van der Waals surface area contributed by atoms with Gasteiger partial charge in [-0.1, -0.05) is 12.1 Å². The summed E-state index contributed by atoms with van der Waals surface area (Å²) in [6, 6.07) is 11.8. The van der Waals surface area contributed by atoms with Crippen molar-refractivity contribution < 1.29 is 22.7 Å². The number of amides is 1. The molecular formula is C24H17FN6O4S. The average Bonchev–Trinajstić information content (AvgIpc) is 3.29. The Bertz CT molecular complexity index is 1790. The summed E-state index contributed by atoms with van der Waals surface area (Å²) in [6.45, 7) is 0. The van der Waals surface area contributed by atoms with Gasteiger partial charge in [-0.15, -0.1) is 0 Å². The number of hydrogen-bond donors (Lipinski definition) is 3. The Kier molecular flexibility index (Phi) is 5.46. The van der Waals surface area contributed by atoms with Crippen LogP contribution >= 0.6 is 0 Å². The third kappa shape index (κ3) is 3.93. The van der Waals surface area contributed by atoms with Crippen molar-refractivity contribution in [3.63, 3.8) is 0 Å². The van der Waals surface area contributed by atoms with Gasteiger partial charge in [0, 0.05) is 34.8 Å². The molecule has 0 spiro atoms. The first kappa shape index (κ1) is 23.1. The maximum atomic E-state index is 15.3. The van der Waals surface area contributed by atoms with E-state index in [1.165, 1.54) is 47.6 Å². The number of hydrogen-bond acceptors (Lipinski definition) is 7. The molecule has 180 valence electrons. The maximum Gasteiger partial charge on any atom is 0.248 e. The van der Waals surface area contributed by atoms with Crippen molar-refractivity contribution in [3.05, 3.63) is 84.8 Å². The molecule has 3 aromatic heterocycles. The van der Waals surface area contributed by atoms with Crippen molar-refractivity contribution in [1.82, 2.24) is 19.5 Å². The number of imidazole rings is 1. The van der Waals surface area contributed by atoms with Gasteiger partial charge in [-0.2, -0.15) is 0 Å². The van der Waals surface area contributed by atoms with Crippen LogP contribution in [-0.2, 0) is 10.0 Å². The SMILES string of the molecule is NC(=O)c1cccc(-n2cnc3cnc(-c4ccc(-c5ccncc5S(N)(=O)=O)cc4F)c(O)c32)c1. The number of rotatable bonds is 5. The number of primary sulfonamides is 1. The summed E-state index contributed by atoms with van der Waals surface area (Å²) in [5.74, 6) is -1.71. The number of primary amides is 1. The maximum absolute atomic E-state index is 15.3. The van der Waals surface area contributed by atoms with E-state index in [9.17, 15) is 18.3 Å². The zero-order valence-electron chi connectivity index (χ0n) is 18.3. The molecule has 3 heterocycles. The van der Waals surface area contributed by atoms with E-state index < -0.39 is 21.7 Å². The predicted molar refractivity (Wildman–Crippen MR) is 129 cm³/mol. The van der Waals surface area contributed by atoms with Gasteiger partial charge in [-0.3, -0.25) is 14.3 Å². The molecule has 0 fully saturated rings. The van der Waals surface area contributed by atoms with Crippen molar-refractivity contribution in [2.75, 3.05) is 0 Å². The molecule has 0 radical (unpaired) electrons. The Hall–Kier alpha value is -4.68. The highest BCUT2D eigenvalue weighted by Crippen LogP contribution is 2.37. The number of nitrogens with zero attached hydrogens (tertiary/aromatic N) is 4. The van der Waals surface area contributed by atoms with E-state index in [0.717, 1.165) is 12.3 Å². The number of sulfonamides is 1. The zero-order valence-corrected chi connectivity index (χ0v) is 19.1. The quantitative estimate of drug-likeness (QED) is 0.331. The van der Waals surface area contributed by atoms with Gasteiger partial charge in [0.2, 0.25) is 15.9 Å². The number of pyridine rings is 2. The smallest absolute Gasteiger partial charge is 0.248 e. The van der Waals surface area contributed by atoms with Crippen LogP contribution in [0.25, 0.3) is 39.1 Å². The Morgan fingerprint density at radius 3 is 2.56 bits per heavy atom. The summed E-state index contributed by atoms with van der Waals surface area (Å²) in [7, 11) is -4.10. The van der Waals surface area contributed by atoms with Gasteiger partial charge in [0.15, 0.2) is 5.75 Å². The fourth-order valence-electron chi connectivity index (χ4n) is 3.91. The second-order valence-corrected chi connectivity index (χ2v) is 9.36. The zero-order chi connectivity index (χ0) is 25.6. The Morgan fingerprint density at radius 1 is 1.03 bits per heavy atom. The van der Waals surface area contributed by atoms with Crippen LogP contribution in [0.15, 0.2) is 78.3 Å². The molecule has 5 rings (SSSR count). The van der Waals surface area contributed by atoms with Gasteiger partial charge in [0.1, 0.15) is 33.8 Å². The van der Waals surface area contributed by atoms with Crippen LogP contribution in [0.1, 0.15) is 10.4 Å². The first-order valence-electron chi connectivity index (χ1n) is 10.4. The first-order chi connectivity index (χ1) is 17.1. The standard InChI is InChI=1S/C24H17FN6O4S/c25-18-9-13(16-6-7-28-11-20(16)36(27,34)35)4-5-17(18)21-23(32)22-19(10-29-21)30-12-31(22)15-3-1-2-14(8-15)24(26)33/h1-12,32H,(H2,26,33)(H2,27,34,35). The van der Waals surface area contributed by atoms with Crippen LogP contribution in [-0.4, -0.2) is 39.0 Å². The number of carbonyl (C=O) groups excluding carboxylic acids is 1. The van der Waals surface area contributed by atoms with Crippen LogP contribution in [0.3, 0.4) is 0 Å². The van der Waals surface area contributed by atoms with Gasteiger partial charge < -0.3 is 10.8 Å². The van der Waals surface area contributed by atoms with E-state index in [-0.39, 0.29) is 44.1 Å². The van der Waals surface area contributed by atoms with E-state index >= 15 is 4.39 Å². The molecule has 0 atom stereocenters. The largest absolute Gasteiger partial charge is 0.504 e. The van der Waals surface area contributed by atoms with Crippen LogP contribution in [0, 0.1) is 5.82 Å². The molecule has 1 amide bonds. The van der Waals surface area contributed by atoms with Gasteiger partial charge in [-0.25, -0.2) is 27.9 Å². The normalized spacial score (nSPS) is 11.6. The molecule has 5 N–H and O–H groups in total. The van der Waals surface area contributed by atoms with Gasteiger partial charge >= 0.3 is 0 Å². The highest BCUT2D eigenvalue weighted by molar-refractivity contribution is 7.89. The van der Waals surface area contributed by atoms with Crippen LogP contribution in [0.5, 0.6) is 5.75 Å². The number of halogens is 1. The minimum atomic E-state index is -4.10. The Labute approximate surface area is 203 Å². The number of benzene rings is 2.